The summed E-state index contributed by atoms with van der Waals surface area (Å²) in [4.78, 5) is 14.4. The Morgan fingerprint density at radius 1 is 1.07 bits per heavy atom. The Kier molecular flexibility index (Phi) is 5.06. The van der Waals surface area contributed by atoms with Crippen LogP contribution in [0.25, 0.3) is 0 Å². The number of aliphatic hydroxyl groups excluding tert-OH is 1. The molecule has 0 bridgehead atoms. The lowest BCUT2D eigenvalue weighted by molar-refractivity contribution is -0.152. The Bertz CT molecular complexity index is 966. The second-order valence-corrected chi connectivity index (χ2v) is 7.61. The van der Waals surface area contributed by atoms with Crippen LogP contribution in [0.1, 0.15) is 29.0 Å². The van der Waals surface area contributed by atoms with E-state index in [0.717, 1.165) is 35.5 Å². The first-order chi connectivity index (χ1) is 14.7. The van der Waals surface area contributed by atoms with E-state index in [-0.39, 0.29) is 25.2 Å². The van der Waals surface area contributed by atoms with Crippen LogP contribution in [0.4, 0.5) is 0 Å². The average Bonchev–Trinajstić information content (AvgIpc) is 3.54. The van der Waals surface area contributed by atoms with Crippen LogP contribution < -0.4 is 9.47 Å². The molecule has 0 aliphatic carbocycles. The minimum Gasteiger partial charge on any atom is -0.459 e. The summed E-state index contributed by atoms with van der Waals surface area (Å²) in [6.07, 6.45) is 1.93. The number of allylic oxidation sites excluding steroid dienone is 1. The molecule has 5 rings (SSSR count). The third-order valence-electron chi connectivity index (χ3n) is 5.47. The van der Waals surface area contributed by atoms with Gasteiger partial charge in [0.2, 0.25) is 13.1 Å². The van der Waals surface area contributed by atoms with Crippen molar-refractivity contribution in [2.45, 2.75) is 31.8 Å². The Morgan fingerprint density at radius 3 is 2.60 bits per heavy atom. The van der Waals surface area contributed by atoms with E-state index in [4.69, 9.17) is 18.9 Å². The number of benzene rings is 2. The van der Waals surface area contributed by atoms with E-state index in [0.29, 0.717) is 24.5 Å². The van der Waals surface area contributed by atoms with Crippen molar-refractivity contribution < 1.29 is 28.8 Å². The molecule has 1 fully saturated rings. The number of rotatable bonds is 6. The van der Waals surface area contributed by atoms with Crippen LogP contribution in [-0.2, 0) is 27.5 Å². The molecule has 2 aromatic rings. The molecule has 1 saturated heterocycles. The van der Waals surface area contributed by atoms with Gasteiger partial charge in [0.1, 0.15) is 0 Å². The van der Waals surface area contributed by atoms with Crippen molar-refractivity contribution in [1.29, 1.82) is 0 Å². The summed E-state index contributed by atoms with van der Waals surface area (Å²) in [7, 11) is 0. The number of amides is 1. The highest BCUT2D eigenvalue weighted by Gasteiger charge is 2.34. The summed E-state index contributed by atoms with van der Waals surface area (Å²) in [6, 6.07) is 13.4. The molecule has 2 atom stereocenters. The smallest absolute Gasteiger partial charge is 0.288 e. The van der Waals surface area contributed by atoms with Gasteiger partial charge in [0.05, 0.1) is 13.2 Å². The van der Waals surface area contributed by atoms with Crippen LogP contribution in [0.15, 0.2) is 54.3 Å². The van der Waals surface area contributed by atoms with Gasteiger partial charge < -0.3 is 29.0 Å². The molecule has 1 amide bonds. The molecule has 0 saturated carbocycles. The molecule has 0 spiro atoms. The van der Waals surface area contributed by atoms with Gasteiger partial charge in [0, 0.05) is 25.4 Å². The number of hydrogen-bond donors (Lipinski definition) is 1. The van der Waals surface area contributed by atoms with Gasteiger partial charge in [-0.1, -0.05) is 30.3 Å². The van der Waals surface area contributed by atoms with Gasteiger partial charge in [-0.25, -0.2) is 0 Å². The van der Waals surface area contributed by atoms with Crippen LogP contribution in [-0.4, -0.2) is 42.1 Å². The third-order valence-corrected chi connectivity index (χ3v) is 5.47. The monoisotopic (exact) mass is 409 g/mol. The molecule has 7 heteroatoms. The van der Waals surface area contributed by atoms with Crippen LogP contribution >= 0.6 is 0 Å². The van der Waals surface area contributed by atoms with Crippen molar-refractivity contribution in [1.82, 2.24) is 4.90 Å². The van der Waals surface area contributed by atoms with Crippen LogP contribution in [0.2, 0.25) is 0 Å². The first-order valence-corrected chi connectivity index (χ1v) is 10.1. The van der Waals surface area contributed by atoms with Gasteiger partial charge in [-0.3, -0.25) is 4.79 Å². The Hall–Kier alpha value is -3.03. The summed E-state index contributed by atoms with van der Waals surface area (Å²) in [5.74, 6) is 1.65. The molecule has 0 aromatic heterocycles. The third kappa shape index (κ3) is 3.99. The van der Waals surface area contributed by atoms with Crippen molar-refractivity contribution in [3.05, 3.63) is 71.0 Å². The van der Waals surface area contributed by atoms with Gasteiger partial charge in [-0.05, 0) is 34.9 Å². The summed E-state index contributed by atoms with van der Waals surface area (Å²) in [5.41, 5.74) is 2.85. The number of nitrogens with zero attached hydrogens (tertiary/aromatic N) is 1. The van der Waals surface area contributed by atoms with Crippen molar-refractivity contribution in [2.24, 2.45) is 0 Å². The number of fused-ring (bicyclic) bond motifs is 1. The predicted octanol–water partition coefficient (Wildman–Crippen LogP) is 2.68. The molecule has 156 valence electrons. The number of hydrogen-bond acceptors (Lipinski definition) is 6. The van der Waals surface area contributed by atoms with Crippen LogP contribution in [0, 0.1) is 0 Å². The highest BCUT2D eigenvalue weighted by atomic mass is 16.7. The fourth-order valence-electron chi connectivity index (χ4n) is 3.63. The fourth-order valence-corrected chi connectivity index (χ4v) is 3.63. The maximum absolute atomic E-state index is 12.6. The number of aliphatic hydroxyl groups is 1. The molecule has 7 nitrogen and oxygen atoms in total. The standard InChI is InChI=1S/C23H23NO6/c25-12-15-1-3-16(4-2-15)13-27-22-11-18(10-21(30-22)23(26)24-7-8-24)17-5-6-19-20(9-17)29-14-28-19/h1-6,9-10,18,22,25H,7-8,11-14H2/t18-,22+/m0/s1. The van der Waals surface area contributed by atoms with Crippen molar-refractivity contribution >= 4 is 5.91 Å². The summed E-state index contributed by atoms with van der Waals surface area (Å²) >= 11 is 0. The summed E-state index contributed by atoms with van der Waals surface area (Å²) in [6.45, 7) is 2.11. The normalized spacial score (nSPS) is 21.8. The zero-order valence-electron chi connectivity index (χ0n) is 16.5. The molecular formula is C23H23NO6. The maximum atomic E-state index is 12.6. The van der Waals surface area contributed by atoms with Gasteiger partial charge in [-0.2, -0.15) is 0 Å². The minimum absolute atomic E-state index is 0.0108. The summed E-state index contributed by atoms with van der Waals surface area (Å²) < 4.78 is 22.8. The Balaban J connectivity index is 1.33. The lowest BCUT2D eigenvalue weighted by atomic mass is 9.92. The van der Waals surface area contributed by atoms with E-state index >= 15 is 0 Å². The first kappa shape index (κ1) is 19.0. The number of carbonyl (C=O) groups excluding carboxylic acids is 1. The molecule has 3 aliphatic heterocycles. The lowest BCUT2D eigenvalue weighted by Gasteiger charge is -2.29. The number of ether oxygens (including phenoxy) is 4. The maximum Gasteiger partial charge on any atom is 0.288 e. The molecule has 3 heterocycles. The predicted molar refractivity (Wildman–Crippen MR) is 107 cm³/mol. The largest absolute Gasteiger partial charge is 0.459 e. The second kappa shape index (κ2) is 8.01. The topological polar surface area (TPSA) is 77.2 Å². The zero-order chi connectivity index (χ0) is 20.5. The minimum atomic E-state index is -0.540. The fraction of sp³-hybridized carbons (Fsp3) is 0.348. The Labute approximate surface area is 174 Å². The van der Waals surface area contributed by atoms with Gasteiger partial charge in [-0.15, -0.1) is 0 Å². The molecule has 2 aromatic carbocycles. The van der Waals surface area contributed by atoms with E-state index in [2.05, 4.69) is 0 Å². The molecular weight excluding hydrogens is 386 g/mol. The first-order valence-electron chi connectivity index (χ1n) is 10.1. The van der Waals surface area contributed by atoms with Gasteiger partial charge >= 0.3 is 0 Å². The van der Waals surface area contributed by atoms with E-state index in [9.17, 15) is 9.90 Å². The molecule has 1 N–H and O–H groups in total. The second-order valence-electron chi connectivity index (χ2n) is 7.61. The van der Waals surface area contributed by atoms with Crippen molar-refractivity contribution in [3.63, 3.8) is 0 Å². The van der Waals surface area contributed by atoms with Crippen LogP contribution in [0.3, 0.4) is 0 Å². The van der Waals surface area contributed by atoms with Gasteiger partial charge in [0.15, 0.2) is 17.3 Å². The lowest BCUT2D eigenvalue weighted by Crippen LogP contribution is -2.29. The SMILES string of the molecule is O=C(C1=C[C@H](c2ccc3c(c2)OCO3)C[C@H](OCc2ccc(CO)cc2)O1)N1CC1. The molecule has 0 radical (unpaired) electrons. The highest BCUT2D eigenvalue weighted by Crippen LogP contribution is 2.39. The molecule has 3 aliphatic rings. The highest BCUT2D eigenvalue weighted by molar-refractivity contribution is 5.93. The van der Waals surface area contributed by atoms with E-state index in [1.54, 1.807) is 4.90 Å². The van der Waals surface area contributed by atoms with Crippen molar-refractivity contribution in [3.8, 4) is 11.5 Å². The van der Waals surface area contributed by atoms with Gasteiger partial charge in [0.25, 0.3) is 5.91 Å². The number of carbonyl (C=O) groups is 1. The zero-order valence-corrected chi connectivity index (χ0v) is 16.5. The van der Waals surface area contributed by atoms with Crippen LogP contribution in [0.5, 0.6) is 11.5 Å². The summed E-state index contributed by atoms with van der Waals surface area (Å²) in [5, 5.41) is 9.18. The quantitative estimate of drug-likeness (QED) is 0.740. The van der Waals surface area contributed by atoms with E-state index in [1.807, 2.05) is 48.5 Å². The van der Waals surface area contributed by atoms with E-state index < -0.39 is 6.29 Å². The average molecular weight is 409 g/mol. The Morgan fingerprint density at radius 2 is 1.83 bits per heavy atom. The molecule has 30 heavy (non-hydrogen) atoms. The van der Waals surface area contributed by atoms with E-state index in [1.165, 1.54) is 0 Å². The molecule has 0 unspecified atom stereocenters. The van der Waals surface area contributed by atoms with Crippen molar-refractivity contribution in [2.75, 3.05) is 19.9 Å².